The number of benzene rings is 1. The predicted molar refractivity (Wildman–Crippen MR) is 134 cm³/mol. The topological polar surface area (TPSA) is 45.3 Å². The quantitative estimate of drug-likeness (QED) is 0.458. The van der Waals surface area contributed by atoms with Crippen molar-refractivity contribution in [2.45, 2.75) is 84.8 Å². The third kappa shape index (κ3) is 5.03. The number of thiophene rings is 1. The van der Waals surface area contributed by atoms with Crippen LogP contribution in [0.2, 0.25) is 0 Å². The van der Waals surface area contributed by atoms with E-state index >= 15 is 0 Å². The molecule has 1 aromatic carbocycles. The van der Waals surface area contributed by atoms with Gasteiger partial charge in [0.15, 0.2) is 0 Å². The number of nitrogens with zero attached hydrogens (tertiary/aromatic N) is 1. The molecule has 1 N–H and O–H groups in total. The molecule has 1 aliphatic heterocycles. The van der Waals surface area contributed by atoms with Crippen LogP contribution in [-0.4, -0.2) is 28.1 Å². The summed E-state index contributed by atoms with van der Waals surface area (Å²) < 4.78 is 5.57. The van der Waals surface area contributed by atoms with Gasteiger partial charge in [-0.25, -0.2) is 4.79 Å². The molecule has 1 unspecified atom stereocenters. The Kier molecular flexibility index (Phi) is 5.91. The maximum Gasteiger partial charge on any atom is 0.410 e. The van der Waals surface area contributed by atoms with E-state index in [0.717, 1.165) is 19.4 Å². The molecular weight excluding hydrogens is 416 g/mol. The summed E-state index contributed by atoms with van der Waals surface area (Å²) in [6, 6.07) is 11.4. The van der Waals surface area contributed by atoms with Gasteiger partial charge in [0.1, 0.15) is 5.60 Å². The molecular formula is C27H36N2O2S. The van der Waals surface area contributed by atoms with Crippen LogP contribution in [0, 0.1) is 0 Å². The molecule has 2 aromatic heterocycles. The first-order chi connectivity index (χ1) is 14.9. The number of amides is 1. The summed E-state index contributed by atoms with van der Waals surface area (Å²) in [5.41, 5.74) is 4.80. The van der Waals surface area contributed by atoms with Crippen LogP contribution in [0.1, 0.15) is 81.0 Å². The van der Waals surface area contributed by atoms with Gasteiger partial charge in [-0.3, -0.25) is 0 Å². The maximum atomic E-state index is 12.5. The Morgan fingerprint density at radius 1 is 1.16 bits per heavy atom. The summed E-state index contributed by atoms with van der Waals surface area (Å²) >= 11 is 1.91. The van der Waals surface area contributed by atoms with Crippen molar-refractivity contribution >= 4 is 28.3 Å². The van der Waals surface area contributed by atoms with Crippen LogP contribution in [0.4, 0.5) is 4.79 Å². The Morgan fingerprint density at radius 2 is 1.91 bits per heavy atom. The fraction of sp³-hybridized carbons (Fsp3) is 0.519. The second kappa shape index (κ2) is 8.26. The number of rotatable bonds is 3. The van der Waals surface area contributed by atoms with Crippen molar-refractivity contribution in [2.75, 3.05) is 6.54 Å². The van der Waals surface area contributed by atoms with Gasteiger partial charge in [0.05, 0.1) is 6.54 Å². The van der Waals surface area contributed by atoms with Gasteiger partial charge in [-0.2, -0.15) is 0 Å². The average molecular weight is 453 g/mol. The van der Waals surface area contributed by atoms with E-state index in [1.807, 2.05) is 37.0 Å². The molecule has 172 valence electrons. The molecule has 1 amide bonds. The third-order valence-electron chi connectivity index (χ3n) is 6.06. The summed E-state index contributed by atoms with van der Waals surface area (Å²) in [5, 5.41) is 1.28. The molecule has 32 heavy (non-hydrogen) atoms. The molecule has 0 fully saturated rings. The number of fused-ring (bicyclic) bond motifs is 2. The third-order valence-corrected chi connectivity index (χ3v) is 7.53. The Morgan fingerprint density at radius 3 is 2.59 bits per heavy atom. The number of H-pyrrole nitrogens is 1. The first-order valence-electron chi connectivity index (χ1n) is 11.6. The number of hydrogen-bond donors (Lipinski definition) is 1. The number of ether oxygens (including phenoxy) is 1. The largest absolute Gasteiger partial charge is 0.444 e. The van der Waals surface area contributed by atoms with E-state index in [1.165, 1.54) is 37.5 Å². The lowest BCUT2D eigenvalue weighted by Crippen LogP contribution is -2.39. The first kappa shape index (κ1) is 22.9. The van der Waals surface area contributed by atoms with Crippen LogP contribution in [0.5, 0.6) is 0 Å². The van der Waals surface area contributed by atoms with Crippen LogP contribution >= 0.6 is 11.3 Å². The summed E-state index contributed by atoms with van der Waals surface area (Å²) in [4.78, 5) is 20.8. The highest BCUT2D eigenvalue weighted by Gasteiger charge is 2.27. The Hall–Kier alpha value is -2.27. The predicted octanol–water partition coefficient (Wildman–Crippen LogP) is 7.17. The van der Waals surface area contributed by atoms with Gasteiger partial charge in [-0.1, -0.05) is 39.8 Å². The van der Waals surface area contributed by atoms with E-state index in [9.17, 15) is 4.79 Å². The number of aromatic nitrogens is 1. The van der Waals surface area contributed by atoms with Crippen LogP contribution in [0.25, 0.3) is 10.9 Å². The van der Waals surface area contributed by atoms with Crippen molar-refractivity contribution < 1.29 is 9.53 Å². The van der Waals surface area contributed by atoms with Gasteiger partial charge in [0.2, 0.25) is 0 Å². The number of nitrogens with one attached hydrogen (secondary N) is 1. The van der Waals surface area contributed by atoms with Crippen LogP contribution < -0.4 is 0 Å². The molecule has 0 saturated heterocycles. The second-order valence-electron chi connectivity index (χ2n) is 11.2. The first-order valence-corrected chi connectivity index (χ1v) is 12.4. The summed E-state index contributed by atoms with van der Waals surface area (Å²) in [6.45, 7) is 16.2. The Balaban J connectivity index is 1.46. The zero-order valence-corrected chi connectivity index (χ0v) is 21.3. The molecule has 4 rings (SSSR count). The number of aromatic amines is 1. The second-order valence-corrected chi connectivity index (χ2v) is 12.4. The summed E-state index contributed by atoms with van der Waals surface area (Å²) in [7, 11) is 0. The van der Waals surface area contributed by atoms with Gasteiger partial charge in [-0.15, -0.1) is 11.3 Å². The van der Waals surface area contributed by atoms with E-state index < -0.39 is 5.60 Å². The van der Waals surface area contributed by atoms with Gasteiger partial charge >= 0.3 is 6.09 Å². The highest BCUT2D eigenvalue weighted by Crippen LogP contribution is 2.35. The molecule has 3 aromatic rings. The molecule has 0 radical (unpaired) electrons. The number of hydrogen-bond acceptors (Lipinski definition) is 3. The monoisotopic (exact) mass is 452 g/mol. The maximum absolute atomic E-state index is 12.5. The summed E-state index contributed by atoms with van der Waals surface area (Å²) in [6.07, 6.45) is 1.71. The van der Waals surface area contributed by atoms with E-state index in [4.69, 9.17) is 4.74 Å². The molecule has 3 heterocycles. The molecule has 1 aliphatic rings. The van der Waals surface area contributed by atoms with Crippen molar-refractivity contribution in [3.63, 3.8) is 0 Å². The van der Waals surface area contributed by atoms with Crippen LogP contribution in [0.3, 0.4) is 0 Å². The van der Waals surface area contributed by atoms with E-state index in [1.54, 1.807) is 0 Å². The average Bonchev–Trinajstić information content (AvgIpc) is 3.29. The van der Waals surface area contributed by atoms with E-state index in [2.05, 4.69) is 63.0 Å². The minimum absolute atomic E-state index is 0.121. The summed E-state index contributed by atoms with van der Waals surface area (Å²) in [5.74, 6) is 0.440. The Labute approximate surface area is 196 Å². The SMILES string of the molecule is CC(Cc1ccc2cc(C(C)(C)C)[nH]c2c1)c1cc2c(s1)CCN(C(=O)OC(C)(C)C)C2. The van der Waals surface area contributed by atoms with Gasteiger partial charge in [0.25, 0.3) is 0 Å². The fourth-order valence-electron chi connectivity index (χ4n) is 4.24. The van der Waals surface area contributed by atoms with Gasteiger partial charge < -0.3 is 14.6 Å². The zero-order valence-electron chi connectivity index (χ0n) is 20.5. The van der Waals surface area contributed by atoms with Gasteiger partial charge in [-0.05, 0) is 74.2 Å². The van der Waals surface area contributed by atoms with Crippen molar-refractivity contribution in [3.8, 4) is 0 Å². The lowest BCUT2D eigenvalue weighted by molar-refractivity contribution is 0.0225. The molecule has 0 bridgehead atoms. The van der Waals surface area contributed by atoms with Crippen LogP contribution in [0.15, 0.2) is 30.3 Å². The zero-order chi connectivity index (χ0) is 23.3. The minimum atomic E-state index is -0.459. The lowest BCUT2D eigenvalue weighted by Gasteiger charge is -2.29. The highest BCUT2D eigenvalue weighted by atomic mass is 32.1. The minimum Gasteiger partial charge on any atom is -0.444 e. The van der Waals surface area contributed by atoms with Crippen LogP contribution in [-0.2, 0) is 29.5 Å². The van der Waals surface area contributed by atoms with Crippen molar-refractivity contribution in [3.05, 3.63) is 56.9 Å². The highest BCUT2D eigenvalue weighted by molar-refractivity contribution is 7.12. The smallest absolute Gasteiger partial charge is 0.410 e. The molecule has 0 saturated carbocycles. The molecule has 1 atom stereocenters. The van der Waals surface area contributed by atoms with Crippen molar-refractivity contribution in [1.29, 1.82) is 0 Å². The molecule has 0 aliphatic carbocycles. The Bertz CT molecular complexity index is 1130. The molecule has 0 spiro atoms. The number of carbonyl (C=O) groups excluding carboxylic acids is 1. The van der Waals surface area contributed by atoms with Gasteiger partial charge in [0, 0.05) is 32.9 Å². The lowest BCUT2D eigenvalue weighted by atomic mass is 9.92. The van der Waals surface area contributed by atoms with Crippen molar-refractivity contribution in [2.24, 2.45) is 0 Å². The van der Waals surface area contributed by atoms with E-state index in [0.29, 0.717) is 12.5 Å². The number of carbonyl (C=O) groups is 1. The van der Waals surface area contributed by atoms with E-state index in [-0.39, 0.29) is 11.5 Å². The normalized spacial score (nSPS) is 15.7. The standard InChI is InChI=1S/C27H36N2O2S/c1-17(12-18-8-9-19-15-24(26(2,3)4)28-21(19)13-18)23-14-20-16-29(11-10-22(20)32-23)25(30)31-27(5,6)7/h8-9,13-15,17,28H,10-12,16H2,1-7H3. The fourth-order valence-corrected chi connectivity index (χ4v) is 5.46. The molecule has 5 heteroatoms. The van der Waals surface area contributed by atoms with Crippen molar-refractivity contribution in [1.82, 2.24) is 9.88 Å². The molecule has 4 nitrogen and oxygen atoms in total.